The summed E-state index contributed by atoms with van der Waals surface area (Å²) in [5, 5.41) is 24.0. The van der Waals surface area contributed by atoms with E-state index in [1.54, 1.807) is 18.4 Å². The number of amides is 1. The van der Waals surface area contributed by atoms with Gasteiger partial charge in [0.25, 0.3) is 11.6 Å². The highest BCUT2D eigenvalue weighted by atomic mass is 32.1. The molecule has 1 aromatic heterocycles. The summed E-state index contributed by atoms with van der Waals surface area (Å²) in [6.45, 7) is 1.76. The number of nitro groups is 1. The van der Waals surface area contributed by atoms with E-state index in [-0.39, 0.29) is 11.3 Å². The van der Waals surface area contributed by atoms with Crippen LogP contribution in [0.3, 0.4) is 0 Å². The summed E-state index contributed by atoms with van der Waals surface area (Å²) in [5.41, 5.74) is 0.0505. The Labute approximate surface area is 123 Å². The van der Waals surface area contributed by atoms with Gasteiger partial charge in [-0.2, -0.15) is 0 Å². The monoisotopic (exact) mass is 306 g/mol. The number of rotatable bonds is 4. The van der Waals surface area contributed by atoms with Gasteiger partial charge in [-0.15, -0.1) is 11.3 Å². The minimum absolute atomic E-state index is 0.0391. The van der Waals surface area contributed by atoms with Gasteiger partial charge in [-0.05, 0) is 36.1 Å². The molecule has 1 amide bonds. The Bertz CT molecular complexity index is 738. The van der Waals surface area contributed by atoms with Gasteiger partial charge >= 0.3 is 5.97 Å². The van der Waals surface area contributed by atoms with Crippen molar-refractivity contribution in [2.24, 2.45) is 0 Å². The Hall–Kier alpha value is -2.74. The van der Waals surface area contributed by atoms with Crippen LogP contribution in [0.15, 0.2) is 29.6 Å². The summed E-state index contributed by atoms with van der Waals surface area (Å²) < 4.78 is 0. The van der Waals surface area contributed by atoms with E-state index in [2.05, 4.69) is 5.32 Å². The molecule has 108 valence electrons. The van der Waals surface area contributed by atoms with Crippen LogP contribution in [0.5, 0.6) is 0 Å². The van der Waals surface area contributed by atoms with Crippen LogP contribution in [0.1, 0.15) is 25.6 Å². The van der Waals surface area contributed by atoms with E-state index in [1.807, 2.05) is 0 Å². The average Bonchev–Trinajstić information content (AvgIpc) is 2.85. The van der Waals surface area contributed by atoms with Crippen molar-refractivity contribution in [2.75, 3.05) is 5.32 Å². The first-order valence-electron chi connectivity index (χ1n) is 5.77. The number of nitrogens with zero attached hydrogens (tertiary/aromatic N) is 1. The molecule has 0 aliphatic carbocycles. The molecule has 2 rings (SSSR count). The van der Waals surface area contributed by atoms with Gasteiger partial charge in [-0.1, -0.05) is 0 Å². The number of carboxylic acid groups (broad SMARTS) is 1. The van der Waals surface area contributed by atoms with Crippen molar-refractivity contribution in [3.8, 4) is 0 Å². The highest BCUT2D eigenvalue weighted by molar-refractivity contribution is 7.12. The van der Waals surface area contributed by atoms with Gasteiger partial charge in [0.1, 0.15) is 5.69 Å². The summed E-state index contributed by atoms with van der Waals surface area (Å²) in [5.74, 6) is -1.74. The second kappa shape index (κ2) is 5.71. The zero-order valence-electron chi connectivity index (χ0n) is 10.8. The number of benzene rings is 1. The first-order valence-corrected chi connectivity index (χ1v) is 6.65. The number of thiophene rings is 1. The molecule has 0 saturated carbocycles. The molecule has 0 aliphatic heterocycles. The number of anilines is 1. The number of carbonyl (C=O) groups excluding carboxylic acids is 1. The molecule has 7 nitrogen and oxygen atoms in total. The molecule has 2 aromatic rings. The normalized spacial score (nSPS) is 10.1. The van der Waals surface area contributed by atoms with Crippen LogP contribution in [-0.2, 0) is 0 Å². The Kier molecular flexibility index (Phi) is 3.99. The standard InChI is InChI=1S/C13H10N2O5S/c1-7-4-5-21-11(7)12(16)14-9-3-2-8(13(17)18)6-10(9)15(19)20/h2-6H,1H3,(H,14,16)(H,17,18). The Morgan fingerprint density at radius 2 is 2.05 bits per heavy atom. The Balaban J connectivity index is 2.36. The third-order valence-electron chi connectivity index (χ3n) is 2.76. The molecule has 8 heteroatoms. The molecular weight excluding hydrogens is 296 g/mol. The maximum atomic E-state index is 12.1. The van der Waals surface area contributed by atoms with E-state index in [9.17, 15) is 19.7 Å². The smallest absolute Gasteiger partial charge is 0.335 e. The van der Waals surface area contributed by atoms with Gasteiger partial charge in [0, 0.05) is 6.07 Å². The minimum atomic E-state index is -1.27. The van der Waals surface area contributed by atoms with Gasteiger partial charge < -0.3 is 10.4 Å². The second-order valence-electron chi connectivity index (χ2n) is 4.18. The highest BCUT2D eigenvalue weighted by Gasteiger charge is 2.20. The van der Waals surface area contributed by atoms with Gasteiger partial charge in [-0.3, -0.25) is 14.9 Å². The van der Waals surface area contributed by atoms with E-state index in [0.717, 1.165) is 11.6 Å². The maximum absolute atomic E-state index is 12.1. The van der Waals surface area contributed by atoms with Crippen molar-refractivity contribution in [3.63, 3.8) is 0 Å². The summed E-state index contributed by atoms with van der Waals surface area (Å²) in [6.07, 6.45) is 0. The third-order valence-corrected chi connectivity index (χ3v) is 3.77. The number of carbonyl (C=O) groups is 2. The number of aryl methyl sites for hydroxylation is 1. The van der Waals surface area contributed by atoms with Crippen molar-refractivity contribution >= 4 is 34.6 Å². The molecule has 0 aliphatic rings. The fourth-order valence-electron chi connectivity index (χ4n) is 1.71. The Morgan fingerprint density at radius 1 is 1.33 bits per heavy atom. The van der Waals surface area contributed by atoms with E-state index in [0.29, 0.717) is 4.88 Å². The molecule has 0 radical (unpaired) electrons. The SMILES string of the molecule is Cc1ccsc1C(=O)Nc1ccc(C(=O)O)cc1[N+](=O)[O-]. The molecule has 2 N–H and O–H groups in total. The fraction of sp³-hybridized carbons (Fsp3) is 0.0769. The molecule has 0 atom stereocenters. The predicted octanol–water partition coefficient (Wildman–Crippen LogP) is 2.92. The third kappa shape index (κ3) is 3.06. The molecule has 0 unspecified atom stereocenters. The average molecular weight is 306 g/mol. The lowest BCUT2D eigenvalue weighted by atomic mass is 10.1. The number of hydrogen-bond donors (Lipinski definition) is 2. The van der Waals surface area contributed by atoms with Crippen LogP contribution in [-0.4, -0.2) is 21.9 Å². The number of nitro benzene ring substituents is 1. The van der Waals surface area contributed by atoms with Crippen molar-refractivity contribution in [1.29, 1.82) is 0 Å². The van der Waals surface area contributed by atoms with Gasteiger partial charge in [0.05, 0.1) is 15.4 Å². The van der Waals surface area contributed by atoms with E-state index in [1.165, 1.54) is 23.5 Å². The first kappa shape index (κ1) is 14.7. The van der Waals surface area contributed by atoms with Crippen molar-refractivity contribution in [1.82, 2.24) is 0 Å². The Morgan fingerprint density at radius 3 is 2.57 bits per heavy atom. The highest BCUT2D eigenvalue weighted by Crippen LogP contribution is 2.27. The zero-order valence-corrected chi connectivity index (χ0v) is 11.6. The minimum Gasteiger partial charge on any atom is -0.478 e. The molecule has 0 spiro atoms. The van der Waals surface area contributed by atoms with Crippen molar-refractivity contribution in [2.45, 2.75) is 6.92 Å². The number of hydrogen-bond acceptors (Lipinski definition) is 5. The topological polar surface area (TPSA) is 110 Å². The molecule has 1 heterocycles. The lowest BCUT2D eigenvalue weighted by molar-refractivity contribution is -0.383. The lowest BCUT2D eigenvalue weighted by Gasteiger charge is -2.06. The van der Waals surface area contributed by atoms with E-state index in [4.69, 9.17) is 5.11 Å². The predicted molar refractivity (Wildman–Crippen MR) is 77.1 cm³/mol. The summed E-state index contributed by atoms with van der Waals surface area (Å²) in [7, 11) is 0. The maximum Gasteiger partial charge on any atom is 0.335 e. The molecule has 0 bridgehead atoms. The second-order valence-corrected chi connectivity index (χ2v) is 5.10. The van der Waals surface area contributed by atoms with Crippen LogP contribution >= 0.6 is 11.3 Å². The molecule has 21 heavy (non-hydrogen) atoms. The van der Waals surface area contributed by atoms with E-state index < -0.39 is 22.5 Å². The van der Waals surface area contributed by atoms with Gasteiger partial charge in [0.2, 0.25) is 0 Å². The molecular formula is C13H10N2O5S. The van der Waals surface area contributed by atoms with Gasteiger partial charge in [0.15, 0.2) is 0 Å². The fourth-order valence-corrected chi connectivity index (χ4v) is 2.53. The number of nitrogens with one attached hydrogen (secondary N) is 1. The summed E-state index contributed by atoms with van der Waals surface area (Å²) in [4.78, 5) is 33.6. The molecule has 0 saturated heterocycles. The van der Waals surface area contributed by atoms with E-state index >= 15 is 0 Å². The summed E-state index contributed by atoms with van der Waals surface area (Å²) >= 11 is 1.22. The van der Waals surface area contributed by atoms with Crippen LogP contribution in [0.25, 0.3) is 0 Å². The zero-order chi connectivity index (χ0) is 15.6. The lowest BCUT2D eigenvalue weighted by Crippen LogP contribution is -2.13. The quantitative estimate of drug-likeness (QED) is 0.666. The van der Waals surface area contributed by atoms with Crippen LogP contribution in [0.2, 0.25) is 0 Å². The molecule has 0 fully saturated rings. The largest absolute Gasteiger partial charge is 0.478 e. The van der Waals surface area contributed by atoms with Crippen molar-refractivity contribution < 1.29 is 19.6 Å². The first-order chi connectivity index (χ1) is 9.90. The number of aromatic carboxylic acids is 1. The van der Waals surface area contributed by atoms with Crippen LogP contribution in [0.4, 0.5) is 11.4 Å². The van der Waals surface area contributed by atoms with Crippen LogP contribution < -0.4 is 5.32 Å². The molecule has 1 aromatic carbocycles. The van der Waals surface area contributed by atoms with Crippen LogP contribution in [0, 0.1) is 17.0 Å². The van der Waals surface area contributed by atoms with Crippen molar-refractivity contribution in [3.05, 3.63) is 55.8 Å². The summed E-state index contributed by atoms with van der Waals surface area (Å²) in [6, 6.07) is 5.09. The van der Waals surface area contributed by atoms with Gasteiger partial charge in [-0.25, -0.2) is 4.79 Å². The number of carboxylic acids is 1.